The number of benzene rings is 2. The number of phenols is 1. The average molecular weight is 488 g/mol. The SMILES string of the molecule is C=I1=C(c2ccccc2O)N=c2cc(C)ccc2=C1N1CCC[C@H](C(C)C)C1. The number of halogens is 1. The minimum atomic E-state index is -2.00. The molecule has 3 nitrogen and oxygen atoms in total. The molecule has 2 aromatic rings. The van der Waals surface area contributed by atoms with E-state index >= 15 is 0 Å². The van der Waals surface area contributed by atoms with E-state index in [-0.39, 0.29) is 0 Å². The second kappa shape index (κ2) is 7.90. The Balaban J connectivity index is 1.94. The third kappa shape index (κ3) is 3.59. The first-order valence-electron chi connectivity index (χ1n) is 10.0. The molecule has 0 radical (unpaired) electrons. The predicted molar refractivity (Wildman–Crippen MR) is 128 cm³/mol. The van der Waals surface area contributed by atoms with Gasteiger partial charge in [-0.2, -0.15) is 0 Å². The quantitative estimate of drug-likeness (QED) is 0.526. The Labute approximate surface area is 173 Å². The number of para-hydroxylation sites is 1. The van der Waals surface area contributed by atoms with Crippen molar-refractivity contribution in [2.24, 2.45) is 16.8 Å². The normalized spacial score (nSPS) is 20.3. The maximum atomic E-state index is 10.5. The summed E-state index contributed by atoms with van der Waals surface area (Å²) in [7, 11) is 0. The topological polar surface area (TPSA) is 35.8 Å². The molecule has 4 heteroatoms. The lowest BCUT2D eigenvalue weighted by molar-refractivity contribution is 0.206. The van der Waals surface area contributed by atoms with Crippen molar-refractivity contribution in [2.75, 3.05) is 13.1 Å². The monoisotopic (exact) mass is 488 g/mol. The van der Waals surface area contributed by atoms with Crippen LogP contribution in [0.5, 0.6) is 5.75 Å². The van der Waals surface area contributed by atoms with Gasteiger partial charge in [0.25, 0.3) is 0 Å². The summed E-state index contributed by atoms with van der Waals surface area (Å²) in [6.45, 7) is 9.00. The first-order chi connectivity index (χ1) is 13.5. The van der Waals surface area contributed by atoms with Crippen molar-refractivity contribution in [3.05, 3.63) is 64.2 Å². The Kier molecular flexibility index (Phi) is 5.50. The summed E-state index contributed by atoms with van der Waals surface area (Å²) in [5.41, 5.74) is 2.06. The molecule has 2 aliphatic rings. The zero-order valence-corrected chi connectivity index (χ0v) is 19.1. The van der Waals surface area contributed by atoms with Crippen LogP contribution in [0.15, 0.2) is 47.5 Å². The fourth-order valence-corrected chi connectivity index (χ4v) is 8.76. The van der Waals surface area contributed by atoms with Crippen molar-refractivity contribution >= 4 is 30.7 Å². The standard InChI is InChI=1S/C24H29IN2O/c1-16(2)18-8-7-13-27(15-18)24-19-12-11-17(3)14-21(19)26-23(25(24)4)20-9-5-6-10-22(20)28/h5-6,9-12,14,16,18,28H,4,7-8,13,15H2,1-3H3/t18-/m0/s1. The number of nitrogens with zero attached hydrogens (tertiary/aromatic N) is 2. The third-order valence-corrected chi connectivity index (χ3v) is 10.4. The molecular weight excluding hydrogens is 459 g/mol. The first-order valence-corrected chi connectivity index (χ1v) is 13.7. The molecule has 0 bridgehead atoms. The molecule has 2 aromatic carbocycles. The summed E-state index contributed by atoms with van der Waals surface area (Å²) in [5.74, 6) is 1.73. The lowest BCUT2D eigenvalue weighted by Crippen LogP contribution is -2.41. The van der Waals surface area contributed by atoms with Crippen LogP contribution in [0.4, 0.5) is 0 Å². The van der Waals surface area contributed by atoms with Gasteiger partial charge < -0.3 is 10.0 Å². The van der Waals surface area contributed by atoms with E-state index in [2.05, 4.69) is 48.4 Å². The highest BCUT2D eigenvalue weighted by Crippen LogP contribution is 2.37. The van der Waals surface area contributed by atoms with Gasteiger partial charge in [0.05, 0.1) is 9.06 Å². The van der Waals surface area contributed by atoms with Gasteiger partial charge in [-0.15, -0.1) is 0 Å². The first kappa shape index (κ1) is 19.5. The molecule has 0 amide bonds. The van der Waals surface area contributed by atoms with Gasteiger partial charge in [-0.25, -0.2) is 4.99 Å². The second-order valence-electron chi connectivity index (χ2n) is 8.19. The van der Waals surface area contributed by atoms with Crippen LogP contribution < -0.4 is 10.6 Å². The van der Waals surface area contributed by atoms with Gasteiger partial charge in [-0.05, 0) is 55.4 Å². The molecule has 1 saturated heterocycles. The Morgan fingerprint density at radius 2 is 2.00 bits per heavy atom. The van der Waals surface area contributed by atoms with E-state index < -0.39 is 18.9 Å². The van der Waals surface area contributed by atoms with Gasteiger partial charge in [-0.3, -0.25) is 0 Å². The number of fused-ring (bicyclic) bond motifs is 1. The van der Waals surface area contributed by atoms with Gasteiger partial charge in [0.2, 0.25) is 0 Å². The maximum Gasteiger partial charge on any atom is 0.125 e. The molecule has 148 valence electrons. The number of piperidine rings is 1. The number of aryl methyl sites for hydroxylation is 1. The molecule has 28 heavy (non-hydrogen) atoms. The molecule has 0 aliphatic carbocycles. The molecular formula is C24H29IN2O. The average Bonchev–Trinajstić information content (AvgIpc) is 2.68. The van der Waals surface area contributed by atoms with Crippen molar-refractivity contribution in [1.82, 2.24) is 4.90 Å². The third-order valence-electron chi connectivity index (χ3n) is 5.83. The summed E-state index contributed by atoms with van der Waals surface area (Å²) in [4.78, 5) is 7.64. The van der Waals surface area contributed by atoms with Crippen LogP contribution >= 0.6 is 18.9 Å². The number of rotatable bonds is 3. The van der Waals surface area contributed by atoms with E-state index in [0.717, 1.165) is 33.6 Å². The van der Waals surface area contributed by atoms with Crippen LogP contribution in [0.2, 0.25) is 0 Å². The fraction of sp³-hybridized carbons (Fsp3) is 0.375. The lowest BCUT2D eigenvalue weighted by Gasteiger charge is -2.38. The summed E-state index contributed by atoms with van der Waals surface area (Å²) in [6.07, 6.45) is 2.55. The Morgan fingerprint density at radius 1 is 1.21 bits per heavy atom. The molecule has 2 aliphatic heterocycles. The Bertz CT molecular complexity index is 1110. The molecule has 1 fully saturated rings. The molecule has 0 spiro atoms. The Morgan fingerprint density at radius 3 is 2.75 bits per heavy atom. The highest BCUT2D eigenvalue weighted by Gasteiger charge is 2.26. The maximum absolute atomic E-state index is 10.5. The Hall–Kier alpha value is -1.82. The fourth-order valence-electron chi connectivity index (χ4n) is 4.15. The number of phenolic OH excluding ortho intramolecular Hbond substituents is 1. The van der Waals surface area contributed by atoms with Crippen LogP contribution in [-0.4, -0.2) is 31.2 Å². The zero-order valence-electron chi connectivity index (χ0n) is 17.0. The molecule has 2 heterocycles. The minimum absolute atomic E-state index is 0.307. The number of hydrogen-bond donors (Lipinski definition) is 1. The molecule has 1 atom stereocenters. The van der Waals surface area contributed by atoms with Crippen molar-refractivity contribution in [2.45, 2.75) is 33.6 Å². The predicted octanol–water partition coefficient (Wildman–Crippen LogP) is 3.88. The molecule has 0 aromatic heterocycles. The van der Waals surface area contributed by atoms with Crippen LogP contribution in [0.25, 0.3) is 3.70 Å². The van der Waals surface area contributed by atoms with Crippen molar-refractivity contribution in [3.8, 4) is 5.75 Å². The second-order valence-corrected chi connectivity index (χ2v) is 12.3. The molecule has 4 rings (SSSR count). The van der Waals surface area contributed by atoms with E-state index in [4.69, 9.17) is 4.99 Å². The van der Waals surface area contributed by atoms with Crippen LogP contribution in [0.1, 0.15) is 37.8 Å². The highest BCUT2D eigenvalue weighted by molar-refractivity contribution is 14.2. The molecule has 0 saturated carbocycles. The number of likely N-dealkylation sites (tertiary alicyclic amines) is 1. The lowest BCUT2D eigenvalue weighted by atomic mass is 9.88. The van der Waals surface area contributed by atoms with E-state index in [1.807, 2.05) is 18.2 Å². The minimum Gasteiger partial charge on any atom is -0.507 e. The zero-order chi connectivity index (χ0) is 19.8. The molecule has 1 N–H and O–H groups in total. The summed E-state index contributed by atoms with van der Waals surface area (Å²) >= 11 is -2.00. The number of aromatic hydroxyl groups is 1. The summed E-state index contributed by atoms with van der Waals surface area (Å²) in [5, 5.41) is 12.8. The summed E-state index contributed by atoms with van der Waals surface area (Å²) < 4.78 is 7.11. The van der Waals surface area contributed by atoms with E-state index in [0.29, 0.717) is 11.7 Å². The highest BCUT2D eigenvalue weighted by atomic mass is 127. The van der Waals surface area contributed by atoms with E-state index in [1.165, 1.54) is 27.3 Å². The summed E-state index contributed by atoms with van der Waals surface area (Å²) in [6, 6.07) is 14.2. The van der Waals surface area contributed by atoms with Gasteiger partial charge in [0.1, 0.15) is 9.38 Å². The van der Waals surface area contributed by atoms with Crippen LogP contribution in [0, 0.1) is 18.8 Å². The van der Waals surface area contributed by atoms with E-state index in [9.17, 15) is 5.11 Å². The van der Waals surface area contributed by atoms with Crippen LogP contribution in [-0.2, 0) is 0 Å². The smallest absolute Gasteiger partial charge is 0.125 e. The van der Waals surface area contributed by atoms with Crippen molar-refractivity contribution in [1.29, 1.82) is 0 Å². The van der Waals surface area contributed by atoms with Gasteiger partial charge in [0, 0.05) is 23.9 Å². The van der Waals surface area contributed by atoms with Crippen molar-refractivity contribution in [3.63, 3.8) is 0 Å². The van der Waals surface area contributed by atoms with Gasteiger partial charge in [-0.1, -0.05) is 61.5 Å². The van der Waals surface area contributed by atoms with Crippen molar-refractivity contribution < 1.29 is 5.11 Å². The van der Waals surface area contributed by atoms with Gasteiger partial charge >= 0.3 is 0 Å². The number of hydrogen-bond acceptors (Lipinski definition) is 3. The largest absolute Gasteiger partial charge is 0.507 e. The van der Waals surface area contributed by atoms with Crippen LogP contribution in [0.3, 0.4) is 0 Å². The van der Waals surface area contributed by atoms with Gasteiger partial charge in [0.15, 0.2) is 0 Å². The molecule has 0 unspecified atom stereocenters. The van der Waals surface area contributed by atoms with E-state index in [1.54, 1.807) is 6.07 Å².